The Bertz CT molecular complexity index is 1270. The van der Waals surface area contributed by atoms with E-state index in [0.717, 1.165) is 5.52 Å². The summed E-state index contributed by atoms with van der Waals surface area (Å²) in [5.41, 5.74) is 2.61. The van der Waals surface area contributed by atoms with Gasteiger partial charge in [0.1, 0.15) is 24.0 Å². The van der Waals surface area contributed by atoms with Crippen LogP contribution < -0.4 is 9.88 Å². The Morgan fingerprint density at radius 2 is 1.86 bits per heavy atom. The summed E-state index contributed by atoms with van der Waals surface area (Å²) in [6.07, 6.45) is 0. The summed E-state index contributed by atoms with van der Waals surface area (Å²) >= 11 is 0. The maximum atomic E-state index is 13.2. The molecule has 0 aliphatic heterocycles. The second kappa shape index (κ2) is 7.06. The van der Waals surface area contributed by atoms with Crippen molar-refractivity contribution in [2.24, 2.45) is 5.14 Å². The molecule has 0 saturated heterocycles. The van der Waals surface area contributed by atoms with E-state index in [1.165, 1.54) is 18.2 Å². The molecule has 0 bridgehead atoms. The SMILES string of the molecule is NS(=O)(=O)c1ccccc1-c1ccc2[nH]c(COc3cccc(F)c3)nc2c1. The van der Waals surface area contributed by atoms with Crippen LogP contribution in [0.1, 0.15) is 5.82 Å². The van der Waals surface area contributed by atoms with Gasteiger partial charge in [-0.2, -0.15) is 0 Å². The quantitative estimate of drug-likeness (QED) is 0.538. The zero-order chi connectivity index (χ0) is 19.7. The van der Waals surface area contributed by atoms with Gasteiger partial charge in [-0.15, -0.1) is 0 Å². The van der Waals surface area contributed by atoms with Gasteiger partial charge in [0.2, 0.25) is 10.0 Å². The maximum Gasteiger partial charge on any atom is 0.238 e. The minimum absolute atomic E-state index is 0.0551. The number of imidazole rings is 1. The molecule has 1 heterocycles. The summed E-state index contributed by atoms with van der Waals surface area (Å²) in [5.74, 6) is 0.597. The van der Waals surface area contributed by atoms with Crippen molar-refractivity contribution in [3.63, 3.8) is 0 Å². The summed E-state index contributed by atoms with van der Waals surface area (Å²) in [6.45, 7) is 0.140. The molecule has 1 aromatic heterocycles. The van der Waals surface area contributed by atoms with Crippen LogP contribution in [0, 0.1) is 5.82 Å². The van der Waals surface area contributed by atoms with Gasteiger partial charge < -0.3 is 9.72 Å². The Balaban J connectivity index is 1.64. The van der Waals surface area contributed by atoms with Crippen LogP contribution in [0.2, 0.25) is 0 Å². The summed E-state index contributed by atoms with van der Waals surface area (Å²) in [6, 6.07) is 17.8. The second-order valence-corrected chi connectivity index (χ2v) is 7.73. The fraction of sp³-hybridized carbons (Fsp3) is 0.0500. The zero-order valence-electron chi connectivity index (χ0n) is 14.6. The normalized spacial score (nSPS) is 11.6. The van der Waals surface area contributed by atoms with E-state index in [1.807, 2.05) is 6.07 Å². The predicted octanol–water partition coefficient (Wildman–Crippen LogP) is 3.60. The summed E-state index contributed by atoms with van der Waals surface area (Å²) < 4.78 is 42.5. The molecule has 0 amide bonds. The van der Waals surface area contributed by atoms with Gasteiger partial charge in [0.15, 0.2) is 0 Å². The van der Waals surface area contributed by atoms with E-state index in [0.29, 0.717) is 28.2 Å². The van der Waals surface area contributed by atoms with Gasteiger partial charge in [-0.3, -0.25) is 0 Å². The van der Waals surface area contributed by atoms with Crippen LogP contribution in [0.25, 0.3) is 22.2 Å². The van der Waals surface area contributed by atoms with Gasteiger partial charge in [0.25, 0.3) is 0 Å². The molecule has 4 aromatic rings. The molecule has 8 heteroatoms. The Labute approximate surface area is 160 Å². The van der Waals surface area contributed by atoms with Crippen molar-refractivity contribution in [3.8, 4) is 16.9 Å². The number of nitrogens with zero attached hydrogens (tertiary/aromatic N) is 1. The van der Waals surface area contributed by atoms with E-state index in [4.69, 9.17) is 9.88 Å². The third kappa shape index (κ3) is 3.73. The minimum atomic E-state index is -3.85. The van der Waals surface area contributed by atoms with Crippen LogP contribution in [0.15, 0.2) is 71.6 Å². The zero-order valence-corrected chi connectivity index (χ0v) is 15.4. The number of aromatic nitrogens is 2. The monoisotopic (exact) mass is 397 g/mol. The number of nitrogens with one attached hydrogen (secondary N) is 1. The molecule has 6 nitrogen and oxygen atoms in total. The second-order valence-electron chi connectivity index (χ2n) is 6.20. The van der Waals surface area contributed by atoms with Gasteiger partial charge in [0.05, 0.1) is 15.9 Å². The number of hydrogen-bond donors (Lipinski definition) is 2. The first-order valence-corrected chi connectivity index (χ1v) is 9.94. The van der Waals surface area contributed by atoms with E-state index < -0.39 is 10.0 Å². The van der Waals surface area contributed by atoms with Crippen LogP contribution in [-0.4, -0.2) is 18.4 Å². The third-order valence-electron chi connectivity index (χ3n) is 4.21. The Hall–Kier alpha value is -3.23. The van der Waals surface area contributed by atoms with Crippen LogP contribution >= 0.6 is 0 Å². The number of sulfonamides is 1. The first-order valence-electron chi connectivity index (χ1n) is 8.39. The lowest BCUT2D eigenvalue weighted by molar-refractivity contribution is 0.296. The highest BCUT2D eigenvalue weighted by atomic mass is 32.2. The number of fused-ring (bicyclic) bond motifs is 1. The number of rotatable bonds is 5. The molecule has 0 atom stereocenters. The molecule has 0 aliphatic carbocycles. The first-order chi connectivity index (χ1) is 13.4. The molecule has 28 heavy (non-hydrogen) atoms. The molecule has 142 valence electrons. The summed E-state index contributed by atoms with van der Waals surface area (Å²) in [4.78, 5) is 7.66. The highest BCUT2D eigenvalue weighted by molar-refractivity contribution is 7.89. The number of hydrogen-bond acceptors (Lipinski definition) is 4. The lowest BCUT2D eigenvalue weighted by Gasteiger charge is -2.07. The number of primary sulfonamides is 1. The van der Waals surface area contributed by atoms with Crippen molar-refractivity contribution < 1.29 is 17.5 Å². The standard InChI is InChI=1S/C20H16FN3O3S/c21-14-4-3-5-15(11-14)27-12-20-23-17-9-8-13(10-18(17)24-20)16-6-1-2-7-19(16)28(22,25)26/h1-11H,12H2,(H,23,24)(H2,22,25,26). The summed E-state index contributed by atoms with van der Waals surface area (Å²) in [5, 5.41) is 5.32. The van der Waals surface area contributed by atoms with Crippen LogP contribution in [0.4, 0.5) is 4.39 Å². The Morgan fingerprint density at radius 3 is 2.64 bits per heavy atom. The van der Waals surface area contributed by atoms with E-state index in [1.54, 1.807) is 42.5 Å². The van der Waals surface area contributed by atoms with Gasteiger partial charge in [-0.1, -0.05) is 30.3 Å². The molecule has 3 N–H and O–H groups in total. The van der Waals surface area contributed by atoms with Crippen molar-refractivity contribution in [2.45, 2.75) is 11.5 Å². The fourth-order valence-corrected chi connectivity index (χ4v) is 3.72. The number of halogens is 1. The lowest BCUT2D eigenvalue weighted by Crippen LogP contribution is -2.13. The van der Waals surface area contributed by atoms with Crippen molar-refractivity contribution in [2.75, 3.05) is 0 Å². The number of aromatic amines is 1. The van der Waals surface area contributed by atoms with Crippen molar-refractivity contribution in [1.82, 2.24) is 9.97 Å². The molecular weight excluding hydrogens is 381 g/mol. The van der Waals surface area contributed by atoms with Crippen molar-refractivity contribution >= 4 is 21.1 Å². The van der Waals surface area contributed by atoms with Crippen LogP contribution in [0.3, 0.4) is 0 Å². The van der Waals surface area contributed by atoms with Crippen molar-refractivity contribution in [1.29, 1.82) is 0 Å². The smallest absolute Gasteiger partial charge is 0.238 e. The molecule has 0 unspecified atom stereocenters. The molecule has 0 saturated carbocycles. The molecule has 4 rings (SSSR count). The van der Waals surface area contributed by atoms with E-state index >= 15 is 0 Å². The van der Waals surface area contributed by atoms with E-state index in [2.05, 4.69) is 9.97 Å². The van der Waals surface area contributed by atoms with Crippen LogP contribution in [0.5, 0.6) is 5.75 Å². The number of nitrogens with two attached hydrogens (primary N) is 1. The number of H-pyrrole nitrogens is 1. The molecule has 0 aliphatic rings. The third-order valence-corrected chi connectivity index (χ3v) is 5.18. The van der Waals surface area contributed by atoms with Gasteiger partial charge >= 0.3 is 0 Å². The molecular formula is C20H16FN3O3S. The van der Waals surface area contributed by atoms with Gasteiger partial charge in [0, 0.05) is 11.6 Å². The van der Waals surface area contributed by atoms with Gasteiger partial charge in [-0.05, 0) is 35.9 Å². The fourth-order valence-electron chi connectivity index (χ4n) is 2.96. The van der Waals surface area contributed by atoms with E-state index in [9.17, 15) is 12.8 Å². The van der Waals surface area contributed by atoms with Gasteiger partial charge in [-0.25, -0.2) is 22.9 Å². The highest BCUT2D eigenvalue weighted by Crippen LogP contribution is 2.28. The largest absolute Gasteiger partial charge is 0.486 e. The maximum absolute atomic E-state index is 13.2. The highest BCUT2D eigenvalue weighted by Gasteiger charge is 2.15. The minimum Gasteiger partial charge on any atom is -0.486 e. The molecule has 0 fully saturated rings. The Morgan fingerprint density at radius 1 is 1.04 bits per heavy atom. The molecule has 0 spiro atoms. The summed E-state index contributed by atoms with van der Waals surface area (Å²) in [7, 11) is -3.85. The average molecular weight is 397 g/mol. The molecule has 0 radical (unpaired) electrons. The lowest BCUT2D eigenvalue weighted by atomic mass is 10.1. The Kier molecular flexibility index (Phi) is 4.58. The topological polar surface area (TPSA) is 98.1 Å². The van der Waals surface area contributed by atoms with Crippen LogP contribution in [-0.2, 0) is 16.6 Å². The number of ether oxygens (including phenoxy) is 1. The molecule has 3 aromatic carbocycles. The average Bonchev–Trinajstić information content (AvgIpc) is 3.08. The number of benzene rings is 3. The predicted molar refractivity (Wildman–Crippen MR) is 104 cm³/mol. The van der Waals surface area contributed by atoms with E-state index in [-0.39, 0.29) is 17.3 Å². The van der Waals surface area contributed by atoms with Crippen molar-refractivity contribution in [3.05, 3.63) is 78.4 Å². The first kappa shape index (κ1) is 18.1.